The molecule has 3 heteroatoms. The van der Waals surface area contributed by atoms with Crippen LogP contribution in [0.1, 0.15) is 48.7 Å². The van der Waals surface area contributed by atoms with Crippen LogP contribution in [0, 0.1) is 0 Å². The number of carbonyl (C=O) groups is 1. The Labute approximate surface area is 143 Å². The Kier molecular flexibility index (Phi) is 5.05. The second kappa shape index (κ2) is 6.45. The van der Waals surface area contributed by atoms with E-state index in [1.807, 2.05) is 30.3 Å². The van der Waals surface area contributed by atoms with E-state index in [-0.39, 0.29) is 11.2 Å². The van der Waals surface area contributed by atoms with E-state index < -0.39 is 0 Å². The third-order valence-corrected chi connectivity index (χ3v) is 5.17. The van der Waals surface area contributed by atoms with Gasteiger partial charge in [-0.3, -0.25) is 4.79 Å². The van der Waals surface area contributed by atoms with Gasteiger partial charge in [-0.1, -0.05) is 76.9 Å². The number of halogens is 2. The summed E-state index contributed by atoms with van der Waals surface area (Å²) in [6.07, 6.45) is 1.07. The highest BCUT2D eigenvalue weighted by Crippen LogP contribution is 2.28. The number of hydrogen-bond donors (Lipinski definition) is 0. The van der Waals surface area contributed by atoms with Gasteiger partial charge in [-0.05, 0) is 35.6 Å². The van der Waals surface area contributed by atoms with E-state index in [2.05, 4.69) is 64.8 Å². The van der Waals surface area contributed by atoms with Crippen LogP contribution < -0.4 is 0 Å². The van der Waals surface area contributed by atoms with Crippen molar-refractivity contribution in [1.29, 1.82) is 0 Å². The fraction of sp³-hybridized carbons (Fsp3) is 0.278. The van der Waals surface area contributed by atoms with Crippen LogP contribution in [-0.2, 0) is 5.41 Å². The molecule has 0 aromatic heterocycles. The normalized spacial score (nSPS) is 11.5. The van der Waals surface area contributed by atoms with Crippen molar-refractivity contribution in [2.75, 3.05) is 0 Å². The molecule has 0 atom stereocenters. The average molecular weight is 410 g/mol. The molecule has 0 aliphatic heterocycles. The molecule has 2 rings (SSSR count). The Hall–Kier alpha value is -0.930. The zero-order valence-electron chi connectivity index (χ0n) is 12.4. The lowest BCUT2D eigenvalue weighted by Crippen LogP contribution is -2.15. The Balaban J connectivity index is 2.35. The lowest BCUT2D eigenvalue weighted by molar-refractivity contribution is 0.103. The minimum Gasteiger partial charge on any atom is -0.289 e. The summed E-state index contributed by atoms with van der Waals surface area (Å²) in [5, 5.41) is 0. The zero-order valence-corrected chi connectivity index (χ0v) is 15.6. The quantitative estimate of drug-likeness (QED) is 0.555. The number of rotatable bonds is 4. The molecule has 2 aromatic rings. The standard InChI is InChI=1S/C18H18Br2O/c1-4-18(2,3)13-7-5-12(6-8-13)17(21)15-11-14(19)9-10-16(15)20/h5-11H,4H2,1-3H3. The number of hydrogen-bond acceptors (Lipinski definition) is 1. The highest BCUT2D eigenvalue weighted by Gasteiger charge is 2.19. The van der Waals surface area contributed by atoms with Crippen molar-refractivity contribution in [2.45, 2.75) is 32.6 Å². The lowest BCUT2D eigenvalue weighted by Gasteiger charge is -2.23. The van der Waals surface area contributed by atoms with Crippen LogP contribution in [0.15, 0.2) is 51.4 Å². The molecular weight excluding hydrogens is 392 g/mol. The van der Waals surface area contributed by atoms with E-state index >= 15 is 0 Å². The molecule has 0 bridgehead atoms. The Morgan fingerprint density at radius 3 is 2.24 bits per heavy atom. The molecule has 0 heterocycles. The fourth-order valence-electron chi connectivity index (χ4n) is 2.10. The maximum atomic E-state index is 12.6. The van der Waals surface area contributed by atoms with Crippen LogP contribution in [-0.4, -0.2) is 5.78 Å². The molecule has 0 spiro atoms. The largest absolute Gasteiger partial charge is 0.289 e. The van der Waals surface area contributed by atoms with Gasteiger partial charge in [-0.15, -0.1) is 0 Å². The van der Waals surface area contributed by atoms with Crippen LogP contribution in [0.2, 0.25) is 0 Å². The molecule has 0 amide bonds. The van der Waals surface area contributed by atoms with Gasteiger partial charge in [-0.25, -0.2) is 0 Å². The van der Waals surface area contributed by atoms with Crippen LogP contribution >= 0.6 is 31.9 Å². The molecule has 1 nitrogen and oxygen atoms in total. The van der Waals surface area contributed by atoms with E-state index in [9.17, 15) is 4.79 Å². The van der Waals surface area contributed by atoms with Crippen molar-refractivity contribution in [2.24, 2.45) is 0 Å². The predicted octanol–water partition coefficient (Wildman–Crippen LogP) is 6.13. The second-order valence-corrected chi connectivity index (χ2v) is 7.54. The first kappa shape index (κ1) is 16.4. The Morgan fingerprint density at radius 1 is 1.05 bits per heavy atom. The molecule has 0 aliphatic carbocycles. The van der Waals surface area contributed by atoms with Crippen molar-refractivity contribution in [3.05, 3.63) is 68.1 Å². The molecule has 2 aromatic carbocycles. The summed E-state index contributed by atoms with van der Waals surface area (Å²) in [7, 11) is 0. The molecule has 0 saturated heterocycles. The zero-order chi connectivity index (χ0) is 15.6. The van der Waals surface area contributed by atoms with Gasteiger partial charge < -0.3 is 0 Å². The van der Waals surface area contributed by atoms with Crippen molar-refractivity contribution < 1.29 is 4.79 Å². The van der Waals surface area contributed by atoms with E-state index in [1.54, 1.807) is 0 Å². The van der Waals surface area contributed by atoms with Gasteiger partial charge in [0, 0.05) is 20.1 Å². The summed E-state index contributed by atoms with van der Waals surface area (Å²) >= 11 is 6.86. The molecule has 0 radical (unpaired) electrons. The first-order valence-corrected chi connectivity index (χ1v) is 8.54. The Bertz CT molecular complexity index is 657. The van der Waals surface area contributed by atoms with Gasteiger partial charge in [-0.2, -0.15) is 0 Å². The SMILES string of the molecule is CCC(C)(C)c1ccc(C(=O)c2cc(Br)ccc2Br)cc1. The summed E-state index contributed by atoms with van der Waals surface area (Å²) < 4.78 is 1.71. The van der Waals surface area contributed by atoms with E-state index in [0.717, 1.165) is 15.4 Å². The van der Waals surface area contributed by atoms with Crippen molar-refractivity contribution >= 4 is 37.6 Å². The summed E-state index contributed by atoms with van der Waals surface area (Å²) in [6.45, 7) is 6.61. The van der Waals surface area contributed by atoms with Gasteiger partial charge in [0.05, 0.1) is 0 Å². The van der Waals surface area contributed by atoms with Gasteiger partial charge in [0.15, 0.2) is 5.78 Å². The number of ketones is 1. The summed E-state index contributed by atoms with van der Waals surface area (Å²) in [6, 6.07) is 13.6. The molecule has 0 fully saturated rings. The second-order valence-electron chi connectivity index (χ2n) is 5.77. The smallest absolute Gasteiger partial charge is 0.194 e. The van der Waals surface area contributed by atoms with E-state index in [4.69, 9.17) is 0 Å². The maximum absolute atomic E-state index is 12.6. The summed E-state index contributed by atoms with van der Waals surface area (Å²) in [5.74, 6) is 0.0315. The third-order valence-electron chi connectivity index (χ3n) is 3.99. The maximum Gasteiger partial charge on any atom is 0.194 e. The Morgan fingerprint density at radius 2 is 1.67 bits per heavy atom. The predicted molar refractivity (Wildman–Crippen MR) is 95.0 cm³/mol. The van der Waals surface area contributed by atoms with Crippen molar-refractivity contribution in [1.82, 2.24) is 0 Å². The highest BCUT2D eigenvalue weighted by molar-refractivity contribution is 9.11. The van der Waals surface area contributed by atoms with Crippen molar-refractivity contribution in [3.8, 4) is 0 Å². The number of benzene rings is 2. The number of carbonyl (C=O) groups excluding carboxylic acids is 1. The van der Waals surface area contributed by atoms with Gasteiger partial charge in [0.2, 0.25) is 0 Å². The van der Waals surface area contributed by atoms with Crippen LogP contribution in [0.25, 0.3) is 0 Å². The molecule has 0 saturated carbocycles. The first-order valence-electron chi connectivity index (χ1n) is 6.95. The van der Waals surface area contributed by atoms with E-state index in [1.165, 1.54) is 5.56 Å². The minimum absolute atomic E-state index is 0.0315. The molecule has 0 unspecified atom stereocenters. The molecular formula is C18H18Br2O. The van der Waals surface area contributed by atoms with Gasteiger partial charge in [0.1, 0.15) is 0 Å². The van der Waals surface area contributed by atoms with Crippen LogP contribution in [0.5, 0.6) is 0 Å². The monoisotopic (exact) mass is 408 g/mol. The van der Waals surface area contributed by atoms with Crippen LogP contribution in [0.4, 0.5) is 0 Å². The molecule has 0 N–H and O–H groups in total. The lowest BCUT2D eigenvalue weighted by atomic mass is 9.82. The highest BCUT2D eigenvalue weighted by atomic mass is 79.9. The van der Waals surface area contributed by atoms with Gasteiger partial charge in [0.25, 0.3) is 0 Å². The minimum atomic E-state index is 0.0315. The topological polar surface area (TPSA) is 17.1 Å². The molecule has 110 valence electrons. The summed E-state index contributed by atoms with van der Waals surface area (Å²) in [5.41, 5.74) is 2.78. The average Bonchev–Trinajstić information content (AvgIpc) is 2.49. The molecule has 21 heavy (non-hydrogen) atoms. The first-order chi connectivity index (χ1) is 9.85. The van der Waals surface area contributed by atoms with Gasteiger partial charge >= 0.3 is 0 Å². The molecule has 0 aliphatic rings. The third kappa shape index (κ3) is 3.64. The van der Waals surface area contributed by atoms with Crippen LogP contribution in [0.3, 0.4) is 0 Å². The summed E-state index contributed by atoms with van der Waals surface area (Å²) in [4.78, 5) is 12.6. The van der Waals surface area contributed by atoms with E-state index in [0.29, 0.717) is 11.1 Å². The fourth-order valence-corrected chi connectivity index (χ4v) is 2.89. The van der Waals surface area contributed by atoms with Crippen molar-refractivity contribution in [3.63, 3.8) is 0 Å².